The molecule has 0 aliphatic heterocycles. The first-order valence-electron chi connectivity index (χ1n) is 74.8. The third-order valence-corrected chi connectivity index (χ3v) is 24.8. The smallest absolute Gasteiger partial charge is 0.118 e. The maximum atomic E-state index is 11.6. The summed E-state index contributed by atoms with van der Waals surface area (Å²) in [4.78, 5) is 0. The zero-order chi connectivity index (χ0) is 146. The largest absolute Gasteiger partial charge is 1.00 e. The van der Waals surface area contributed by atoms with Crippen LogP contribution in [0.25, 0.3) is 0 Å². The number of hydrogen-bond donors (Lipinski definition) is 6. The average molecular weight is 2580 g/mol. The summed E-state index contributed by atoms with van der Waals surface area (Å²) in [5.41, 5.74) is -7.21. The number of aliphatic hydroxyl groups is 6. The molecule has 0 bridgehead atoms. The fourth-order valence-corrected chi connectivity index (χ4v) is 18.5. The van der Waals surface area contributed by atoms with Crippen molar-refractivity contribution in [3.63, 3.8) is 0 Å². The Morgan fingerprint density at radius 2 is 0.364 bits per heavy atom. The van der Waals surface area contributed by atoms with Gasteiger partial charge in [0, 0.05) is 0 Å². The summed E-state index contributed by atoms with van der Waals surface area (Å²) in [6, 6.07) is 33.3. The minimum atomic E-state index is -3.88. The molecule has 0 radical (unpaired) electrons. The van der Waals surface area contributed by atoms with Crippen LogP contribution < -0.4 is 172 Å². The van der Waals surface area contributed by atoms with Crippen molar-refractivity contribution < 1.29 is 316 Å². The molecule has 6 aliphatic rings. The summed E-state index contributed by atoms with van der Waals surface area (Å²) in [5.74, 6) is -7.05. The first-order chi connectivity index (χ1) is 84.5. The van der Waals surface area contributed by atoms with Gasteiger partial charge in [-0.2, -0.15) is 0 Å². The molecule has 18 nitrogen and oxygen atoms in total. The van der Waals surface area contributed by atoms with Gasteiger partial charge in [0.2, 0.25) is 0 Å². The van der Waals surface area contributed by atoms with E-state index in [0.29, 0.717) is 99.5 Å². The van der Waals surface area contributed by atoms with Gasteiger partial charge in [0.05, 0.1) is 363 Å². The topological polar surface area (TPSA) is 177 Å². The maximum Gasteiger partial charge on any atom is 0.118 e. The zero-order valence-electron chi connectivity index (χ0n) is 139. The predicted octanol–water partition coefficient (Wildman–Crippen LogP) is 1.11. The van der Waals surface area contributed by atoms with Crippen LogP contribution in [0.2, 0.25) is 0 Å². The molecule has 132 heavy (non-hydrogen) atoms. The van der Waals surface area contributed by atoms with Gasteiger partial charge >= 0.3 is 0 Å². The average Bonchev–Trinajstić information content (AvgIpc) is 0.677. The van der Waals surface area contributed by atoms with Crippen molar-refractivity contribution in [3.8, 4) is 34.5 Å². The lowest BCUT2D eigenvalue weighted by molar-refractivity contribution is -0.872. The Hall–Kier alpha value is -1.98. The summed E-state index contributed by atoms with van der Waals surface area (Å²) in [6.07, 6.45) is 16.2. The van der Waals surface area contributed by atoms with Crippen LogP contribution in [-0.2, 0) is 0 Å². The maximum absolute atomic E-state index is 11.6. The fraction of sp³-hybridized carbons (Fsp3) is 0.667. The minimum Gasteiger partial charge on any atom is -1.00 e. The van der Waals surface area contributed by atoms with Gasteiger partial charge < -0.3 is 230 Å². The second-order valence-corrected chi connectivity index (χ2v) is 36.6. The molecule has 24 heteroatoms. The highest BCUT2D eigenvalue weighted by Crippen LogP contribution is 2.48. The number of hydrogen-bond acceptors (Lipinski definition) is 12. The molecule has 6 aromatic rings. The van der Waals surface area contributed by atoms with Crippen molar-refractivity contribution in [1.82, 2.24) is 0 Å². The Kier molecular flexibility index (Phi) is 25.8. The summed E-state index contributed by atoms with van der Waals surface area (Å²) >= 11 is 0. The van der Waals surface area contributed by atoms with Crippen LogP contribution in [0, 0.1) is 0 Å². The molecule has 0 amide bonds. The Morgan fingerprint density at radius 1 is 0.220 bits per heavy atom. The van der Waals surface area contributed by atoms with Gasteiger partial charge in [-0.05, 0) is 183 Å². The number of ether oxygens (including phenoxy) is 6. The fourth-order valence-electron chi connectivity index (χ4n) is 18.5. The number of quaternary nitrogens is 6. The lowest BCUT2D eigenvalue weighted by atomic mass is 9.72. The molecular formula is C108H180I6N6O12. The van der Waals surface area contributed by atoms with E-state index in [9.17, 15) is 30.6 Å². The van der Waals surface area contributed by atoms with Crippen LogP contribution in [0.1, 0.15) is 348 Å². The van der Waals surface area contributed by atoms with Gasteiger partial charge in [0.25, 0.3) is 0 Å². The van der Waals surface area contributed by atoms with E-state index < -0.39 is 251 Å². The number of halogens is 6. The standard InChI is InChI=1S/6C18H30NO2.6HI/c6*1-19(2,3)14-17(18(20)12-6-5-7-13-18)15-8-10-16(21-4)11-9-15;;;;;;/h6*8-11,17,20H,5-7,12-14H2,1-4H3;6*1H/q6*+1;;;;;;/p-6/i2*1D3,2D3,3D3,4D3,14D2;2*1D3,2D3,3D3,4D3;1D3,4D3,14D2;4D3;;;;;;. The van der Waals surface area contributed by atoms with E-state index in [-0.39, 0.29) is 241 Å². The van der Waals surface area contributed by atoms with E-state index in [2.05, 4.69) is 21.1 Å². The SMILES string of the molecule is [2H]C([2H])([2H])Oc1ccc(C(C2(O)CCCCC2)C([2H])([2H])[N+](C([2H])([2H])[2H])(C([2H])([2H])[2H])C([2H])([2H])[2H])cc1.[2H]C([2H])([2H])Oc1ccc(C(C2(O)CCCCC2)C([2H])([2H])[N+](C([2H])([2H])[2H])(C([2H])([2H])[2H])C([2H])([2H])[2H])cc1.[2H]C([2H])([2H])Oc1ccc(C(C2(O)CCCCC2)C([2H])([2H])[N+](C)(C)C([2H])([2H])[2H])cc1.[2H]C([2H])([2H])Oc1ccc(C(C[N+](C([2H])([2H])[2H])(C([2H])([2H])[2H])C([2H])([2H])[2H])C2(O)CCCCC2)cc1.[2H]C([2H])([2H])Oc1ccc(C(C[N+](C([2H])([2H])[2H])(C([2H])([2H])[2H])C([2H])([2H])[2H])C2(O)CCCCC2)cc1.[2H]C([2H])([2H])Oc1ccc(C(C[N+](C)(C)C)C2(O)CCCCC2)cc1.[I-].[I-].[I-].[I-].[I-].[I-]. The highest BCUT2D eigenvalue weighted by molar-refractivity contribution is 5.37. The summed E-state index contributed by atoms with van der Waals surface area (Å²) in [7, 11) is -7.02. The van der Waals surface area contributed by atoms with Crippen molar-refractivity contribution in [2.24, 2.45) is 0 Å². The van der Waals surface area contributed by atoms with E-state index in [4.69, 9.17) is 115 Å². The summed E-state index contributed by atoms with van der Waals surface area (Å²) in [6.45, 7) is -57.0. The van der Waals surface area contributed by atoms with Gasteiger partial charge in [-0.3, -0.25) is 0 Å². The van der Waals surface area contributed by atoms with E-state index in [1.807, 2.05) is 12.1 Å². The molecule has 6 atom stereocenters. The van der Waals surface area contributed by atoms with Gasteiger partial charge in [-0.1, -0.05) is 188 Å². The molecule has 12 rings (SSSR count). The number of benzene rings is 6. The second-order valence-electron chi connectivity index (χ2n) is 36.6. The molecule has 0 saturated heterocycles. The van der Waals surface area contributed by atoms with Gasteiger partial charge in [-0.15, -0.1) is 0 Å². The summed E-state index contributed by atoms with van der Waals surface area (Å²) < 4.78 is 511. The monoisotopic (exact) mass is 2580 g/mol. The molecule has 6 aliphatic carbocycles. The van der Waals surface area contributed by atoms with Gasteiger partial charge in [0.15, 0.2) is 0 Å². The highest BCUT2D eigenvalue weighted by Gasteiger charge is 2.48. The molecule has 6 unspecified atom stereocenters. The first kappa shape index (κ1) is 58.1. The van der Waals surface area contributed by atoms with Crippen molar-refractivity contribution in [2.45, 2.75) is 262 Å². The molecule has 0 heterocycles. The molecule has 6 aromatic carbocycles. The molecule has 0 aromatic heterocycles. The van der Waals surface area contributed by atoms with E-state index in [0.717, 1.165) is 98.6 Å². The van der Waals surface area contributed by atoms with E-state index in [1.165, 1.54) is 118 Å². The molecule has 6 N–H and O–H groups in total. The van der Waals surface area contributed by atoms with E-state index >= 15 is 0 Å². The second kappa shape index (κ2) is 58.6. The number of rotatable bonds is 30. The quantitative estimate of drug-likeness (QED) is 0.0281. The third-order valence-electron chi connectivity index (χ3n) is 24.8. The van der Waals surface area contributed by atoms with Crippen LogP contribution in [0.4, 0.5) is 0 Å². The lowest BCUT2D eigenvalue weighted by Crippen LogP contribution is -3.00. The van der Waals surface area contributed by atoms with Crippen LogP contribution in [0.15, 0.2) is 146 Å². The predicted molar refractivity (Wildman–Crippen MR) is 520 cm³/mol. The highest BCUT2D eigenvalue weighted by atomic mass is 127. The van der Waals surface area contributed by atoms with Gasteiger partial charge in [-0.25, -0.2) is 0 Å². The molecule has 6 fully saturated rings. The van der Waals surface area contributed by atoms with E-state index in [1.54, 1.807) is 12.1 Å². The number of nitrogens with zero attached hydrogens (tertiary/aromatic N) is 6. The normalized spacial score (nSPS) is 28.3. The Balaban J connectivity index is 0.00000117. The molecule has 756 valence electrons. The Bertz CT molecular complexity index is 6160. The summed E-state index contributed by atoms with van der Waals surface area (Å²) in [5, 5.41) is 69.0. The third kappa shape index (κ3) is 42.7. The van der Waals surface area contributed by atoms with Crippen LogP contribution in [0.3, 0.4) is 0 Å². The molecule has 0 spiro atoms. The minimum absolute atomic E-state index is 0. The van der Waals surface area contributed by atoms with Crippen molar-refractivity contribution in [3.05, 3.63) is 179 Å². The van der Waals surface area contributed by atoms with Crippen molar-refractivity contribution in [2.75, 3.05) is 207 Å². The number of methoxy groups -OCH3 is 6. The van der Waals surface area contributed by atoms with Gasteiger partial charge in [0.1, 0.15) is 34.5 Å². The first-order valence-corrected chi connectivity index (χ1v) is 43.3. The lowest BCUT2D eigenvalue weighted by Gasteiger charge is -2.42. The Morgan fingerprint density at radius 3 is 0.515 bits per heavy atom. The Labute approximate surface area is 993 Å². The number of likely N-dealkylation sites (N-methyl/N-ethyl adjacent to an activating group) is 6. The van der Waals surface area contributed by atoms with Crippen molar-refractivity contribution >= 4 is 0 Å². The molecule has 6 saturated carbocycles. The van der Waals surface area contributed by atoms with Crippen LogP contribution in [0.5, 0.6) is 34.5 Å². The van der Waals surface area contributed by atoms with Crippen molar-refractivity contribution in [1.29, 1.82) is 0 Å². The zero-order valence-corrected chi connectivity index (χ0v) is 88.7. The van der Waals surface area contributed by atoms with Crippen LogP contribution >= 0.6 is 0 Å². The molecular weight excluding hydrogens is 2330 g/mol. The van der Waals surface area contributed by atoms with Crippen LogP contribution in [-0.4, -0.2) is 298 Å².